The number of rotatable bonds is 0. The van der Waals surface area contributed by atoms with Crippen molar-refractivity contribution in [2.45, 2.75) is 38.6 Å². The Morgan fingerprint density at radius 3 is 2.48 bits per heavy atom. The predicted molar refractivity (Wildman–Crippen MR) is 89.4 cm³/mol. The second-order valence-electron chi connectivity index (χ2n) is 7.43. The zero-order valence-electron chi connectivity index (χ0n) is 15.4. The molecule has 27 heavy (non-hydrogen) atoms. The van der Waals surface area contributed by atoms with Crippen LogP contribution in [-0.4, -0.2) is 65.2 Å². The maximum atomic E-state index is 12.9. The van der Waals surface area contributed by atoms with Crippen LogP contribution in [0.4, 0.5) is 29.6 Å². The smallest absolute Gasteiger partial charge is 0.434 e. The van der Waals surface area contributed by atoms with Gasteiger partial charge in [0.05, 0.1) is 12.7 Å². The van der Waals surface area contributed by atoms with E-state index in [2.05, 4.69) is 9.97 Å². The molecule has 1 atom stereocenters. The summed E-state index contributed by atoms with van der Waals surface area (Å²) in [6, 6.07) is -0.755. The molecule has 3 heterocycles. The lowest BCUT2D eigenvalue weighted by molar-refractivity contribution is -0.141. The van der Waals surface area contributed by atoms with Gasteiger partial charge in [0.1, 0.15) is 11.6 Å². The van der Waals surface area contributed by atoms with Gasteiger partial charge in [0.25, 0.3) is 5.91 Å². The van der Waals surface area contributed by atoms with Gasteiger partial charge in [0, 0.05) is 20.1 Å². The summed E-state index contributed by atoms with van der Waals surface area (Å²) in [5.74, 6) is -0.403. The van der Waals surface area contributed by atoms with Crippen LogP contribution < -0.4 is 9.80 Å². The molecule has 0 saturated carbocycles. The third-order valence-electron chi connectivity index (χ3n) is 4.26. The maximum Gasteiger partial charge on any atom is 0.434 e. The summed E-state index contributed by atoms with van der Waals surface area (Å²) < 4.78 is 44.1. The van der Waals surface area contributed by atoms with Gasteiger partial charge in [-0.1, -0.05) is 0 Å². The molecule has 1 aromatic heterocycles. The van der Waals surface area contributed by atoms with Gasteiger partial charge in [0.2, 0.25) is 0 Å². The van der Waals surface area contributed by atoms with Crippen LogP contribution in [0.25, 0.3) is 0 Å². The highest BCUT2D eigenvalue weighted by Crippen LogP contribution is 2.36. The molecule has 1 saturated heterocycles. The molecule has 11 heteroatoms. The van der Waals surface area contributed by atoms with E-state index in [0.717, 1.165) is 4.90 Å². The fraction of sp³-hybridized carbons (Fsp3) is 0.625. The van der Waals surface area contributed by atoms with Crippen LogP contribution in [0, 0.1) is 0 Å². The summed E-state index contributed by atoms with van der Waals surface area (Å²) in [6.45, 7) is 5.77. The number of hydrogen-bond acceptors (Lipinski definition) is 6. The number of anilines is 2. The van der Waals surface area contributed by atoms with Gasteiger partial charge in [0.15, 0.2) is 17.3 Å². The molecular weight excluding hydrogens is 367 g/mol. The molecule has 0 aromatic carbocycles. The lowest BCUT2D eigenvalue weighted by Crippen LogP contribution is -2.63. The van der Waals surface area contributed by atoms with E-state index in [0.29, 0.717) is 6.20 Å². The minimum absolute atomic E-state index is 0.0558. The second-order valence-corrected chi connectivity index (χ2v) is 7.43. The first kappa shape index (κ1) is 19.2. The number of ether oxygens (including phenoxy) is 1. The molecule has 1 fully saturated rings. The zero-order chi connectivity index (χ0) is 20.1. The molecule has 0 bridgehead atoms. The highest BCUT2D eigenvalue weighted by Gasteiger charge is 2.45. The number of alkyl halides is 3. The van der Waals surface area contributed by atoms with Crippen molar-refractivity contribution in [1.29, 1.82) is 0 Å². The Labute approximate surface area is 153 Å². The summed E-state index contributed by atoms with van der Waals surface area (Å²) in [5.41, 5.74) is -1.83. The van der Waals surface area contributed by atoms with E-state index in [1.54, 1.807) is 25.7 Å². The molecule has 0 aliphatic carbocycles. The Hall–Kier alpha value is -2.59. The number of fused-ring (bicyclic) bond motifs is 3. The summed E-state index contributed by atoms with van der Waals surface area (Å²) >= 11 is 0. The van der Waals surface area contributed by atoms with E-state index in [9.17, 15) is 22.8 Å². The minimum Gasteiger partial charge on any atom is -0.444 e. The van der Waals surface area contributed by atoms with Gasteiger partial charge in [-0.05, 0) is 20.8 Å². The van der Waals surface area contributed by atoms with Crippen LogP contribution in [0.15, 0.2) is 6.20 Å². The average molecular weight is 387 g/mol. The molecule has 1 aromatic rings. The number of aromatic nitrogens is 2. The van der Waals surface area contributed by atoms with E-state index < -0.39 is 35.5 Å². The lowest BCUT2D eigenvalue weighted by Gasteiger charge is -2.45. The topological polar surface area (TPSA) is 78.9 Å². The van der Waals surface area contributed by atoms with Crippen molar-refractivity contribution >= 4 is 23.6 Å². The van der Waals surface area contributed by atoms with Crippen LogP contribution >= 0.6 is 0 Å². The number of carbonyl (C=O) groups excluding carboxylic acids is 2. The largest absolute Gasteiger partial charge is 0.444 e. The van der Waals surface area contributed by atoms with Gasteiger partial charge in [-0.3, -0.25) is 9.69 Å². The van der Waals surface area contributed by atoms with Crippen molar-refractivity contribution in [3.05, 3.63) is 11.9 Å². The molecule has 2 amide bonds. The molecular formula is C16H20F3N5O3. The van der Waals surface area contributed by atoms with Gasteiger partial charge >= 0.3 is 12.3 Å². The van der Waals surface area contributed by atoms with Crippen LogP contribution in [0.5, 0.6) is 0 Å². The standard InChI is InChI=1S/C16H20F3N5O3/c1-15(2,3)27-14(26)23-5-6-24-9(8-23)13(25)22(4)12-11(24)20-7-10(21-12)16(17,18)19/h7,9H,5-6,8H2,1-4H3/t9-/m1/s1. The Kier molecular flexibility index (Phi) is 4.43. The number of halogens is 3. The van der Waals surface area contributed by atoms with Crippen LogP contribution in [-0.2, 0) is 15.7 Å². The summed E-state index contributed by atoms with van der Waals surface area (Å²) in [6.07, 6.45) is -4.54. The fourth-order valence-electron chi connectivity index (χ4n) is 3.01. The molecule has 2 aliphatic rings. The predicted octanol–water partition coefficient (Wildman–Crippen LogP) is 1.90. The lowest BCUT2D eigenvalue weighted by atomic mass is 10.1. The van der Waals surface area contributed by atoms with Gasteiger partial charge in [-0.25, -0.2) is 14.8 Å². The fourth-order valence-corrected chi connectivity index (χ4v) is 3.01. The first-order chi connectivity index (χ1) is 12.4. The molecule has 0 unspecified atom stereocenters. The van der Waals surface area contributed by atoms with Gasteiger partial charge in [-0.2, -0.15) is 13.2 Å². The maximum absolute atomic E-state index is 12.9. The molecule has 0 N–H and O–H groups in total. The second kappa shape index (κ2) is 6.24. The molecule has 148 valence electrons. The number of hydrogen-bond donors (Lipinski definition) is 0. The zero-order valence-corrected chi connectivity index (χ0v) is 15.4. The quantitative estimate of drug-likeness (QED) is 0.677. The van der Waals surface area contributed by atoms with E-state index in [-0.39, 0.29) is 31.3 Å². The molecule has 2 aliphatic heterocycles. The molecule has 0 spiro atoms. The summed E-state index contributed by atoms with van der Waals surface area (Å²) in [4.78, 5) is 36.5. The van der Waals surface area contributed by atoms with Crippen molar-refractivity contribution in [2.75, 3.05) is 36.5 Å². The Morgan fingerprint density at radius 1 is 1.22 bits per heavy atom. The van der Waals surface area contributed by atoms with Crippen molar-refractivity contribution in [3.63, 3.8) is 0 Å². The molecule has 0 radical (unpaired) electrons. The number of likely N-dealkylation sites (N-methyl/N-ethyl adjacent to an activating group) is 1. The van der Waals surface area contributed by atoms with E-state index in [1.165, 1.54) is 11.9 Å². The number of piperazine rings is 1. The molecule has 8 nitrogen and oxygen atoms in total. The third-order valence-corrected chi connectivity index (χ3v) is 4.26. The third kappa shape index (κ3) is 3.62. The Bertz CT molecular complexity index is 778. The Morgan fingerprint density at radius 2 is 1.89 bits per heavy atom. The van der Waals surface area contributed by atoms with Crippen LogP contribution in [0.3, 0.4) is 0 Å². The van der Waals surface area contributed by atoms with E-state index in [4.69, 9.17) is 4.74 Å². The van der Waals surface area contributed by atoms with E-state index in [1.807, 2.05) is 0 Å². The Balaban J connectivity index is 1.87. The summed E-state index contributed by atoms with van der Waals surface area (Å²) in [7, 11) is 1.35. The average Bonchev–Trinajstić information content (AvgIpc) is 2.56. The monoisotopic (exact) mass is 387 g/mol. The molecule has 3 rings (SSSR count). The first-order valence-corrected chi connectivity index (χ1v) is 8.35. The highest BCUT2D eigenvalue weighted by atomic mass is 19.4. The number of nitrogens with zero attached hydrogens (tertiary/aromatic N) is 5. The van der Waals surface area contributed by atoms with Crippen LogP contribution in [0.2, 0.25) is 0 Å². The highest BCUT2D eigenvalue weighted by molar-refractivity contribution is 6.03. The first-order valence-electron chi connectivity index (χ1n) is 8.35. The van der Waals surface area contributed by atoms with Crippen molar-refractivity contribution < 1.29 is 27.5 Å². The van der Waals surface area contributed by atoms with Gasteiger partial charge < -0.3 is 14.5 Å². The van der Waals surface area contributed by atoms with Gasteiger partial charge in [-0.15, -0.1) is 0 Å². The van der Waals surface area contributed by atoms with Crippen LogP contribution in [0.1, 0.15) is 26.5 Å². The SMILES string of the molecule is CN1C(=O)[C@H]2CN(C(=O)OC(C)(C)C)CCN2c2ncc(C(F)(F)F)nc21. The van der Waals surface area contributed by atoms with Crippen molar-refractivity contribution in [1.82, 2.24) is 14.9 Å². The van der Waals surface area contributed by atoms with E-state index >= 15 is 0 Å². The normalized spacial score (nSPS) is 20.3. The number of carbonyl (C=O) groups is 2. The minimum atomic E-state index is -4.65. The number of amides is 2. The van der Waals surface area contributed by atoms with Crippen molar-refractivity contribution in [2.24, 2.45) is 0 Å². The van der Waals surface area contributed by atoms with Crippen molar-refractivity contribution in [3.8, 4) is 0 Å². The summed E-state index contributed by atoms with van der Waals surface area (Å²) in [5, 5.41) is 0.